The number of nitrogens with two attached hydrogens (primary N) is 1. The Hall–Kier alpha value is -0.660. The Bertz CT molecular complexity index is 650. The predicted octanol–water partition coefficient (Wildman–Crippen LogP) is 4.22. The summed E-state index contributed by atoms with van der Waals surface area (Å²) in [5, 5.41) is 3.44. The third-order valence-electron chi connectivity index (χ3n) is 2.91. The van der Waals surface area contributed by atoms with Gasteiger partial charge in [0.25, 0.3) is 0 Å². The Morgan fingerprint density at radius 1 is 1.23 bits per heavy atom. The number of nitrogens with zero attached hydrogens (tertiary/aromatic N) is 2. The highest BCUT2D eigenvalue weighted by Gasteiger charge is 2.14. The Balaban J connectivity index is 2.03. The summed E-state index contributed by atoms with van der Waals surface area (Å²) in [5.41, 5.74) is 9.05. The van der Waals surface area contributed by atoms with Crippen LogP contribution >= 0.6 is 63.0 Å². The summed E-state index contributed by atoms with van der Waals surface area (Å²) < 4.78 is 0.841. The van der Waals surface area contributed by atoms with Crippen LogP contribution in [0.1, 0.15) is 5.56 Å². The van der Waals surface area contributed by atoms with Crippen molar-refractivity contribution >= 4 is 68.1 Å². The van der Waals surface area contributed by atoms with E-state index in [-0.39, 0.29) is 5.11 Å². The van der Waals surface area contributed by atoms with Crippen LogP contribution in [0.15, 0.2) is 35.3 Å². The Morgan fingerprint density at radius 2 is 1.91 bits per heavy atom. The van der Waals surface area contributed by atoms with E-state index >= 15 is 0 Å². The molecule has 0 saturated carbocycles. The average Bonchev–Trinajstić information content (AvgIpc) is 2.44. The van der Waals surface area contributed by atoms with E-state index < -0.39 is 0 Å². The van der Waals surface area contributed by atoms with Crippen LogP contribution in [0.2, 0.25) is 15.1 Å². The first kappa shape index (κ1) is 17.7. The molecule has 0 radical (unpaired) electrons. The molecule has 0 atom stereocenters. The lowest BCUT2D eigenvalue weighted by Gasteiger charge is -2.28. The van der Waals surface area contributed by atoms with E-state index in [2.05, 4.69) is 21.4 Å². The van der Waals surface area contributed by atoms with Gasteiger partial charge in [-0.1, -0.05) is 34.8 Å². The van der Waals surface area contributed by atoms with E-state index in [4.69, 9.17) is 52.8 Å². The molecule has 0 aliphatic carbocycles. The van der Waals surface area contributed by atoms with Crippen molar-refractivity contribution in [3.05, 3.63) is 56.0 Å². The number of hydrogen-bond donors (Lipinski definition) is 2. The highest BCUT2D eigenvalue weighted by molar-refractivity contribution is 9.11. The van der Waals surface area contributed by atoms with E-state index in [1.807, 2.05) is 11.1 Å². The molecule has 0 fully saturated rings. The summed E-state index contributed by atoms with van der Waals surface area (Å²) >= 11 is 26.7. The lowest BCUT2D eigenvalue weighted by atomic mass is 10.1. The van der Waals surface area contributed by atoms with Crippen LogP contribution in [0.4, 0.5) is 0 Å². The van der Waals surface area contributed by atoms with Gasteiger partial charge >= 0.3 is 0 Å². The standard InChI is InChI=1S/C13H12BrCl3N4S/c14-11-7-21(19-13(18)22)6-5-20(11)4-3-8-9(15)1-2-10(16)12(8)17/h1-2,5-7H,3-4H2,(H3,18,19,22). The maximum Gasteiger partial charge on any atom is 0.183 e. The van der Waals surface area contributed by atoms with Crippen LogP contribution in [0, 0.1) is 0 Å². The molecule has 1 aromatic rings. The minimum Gasteiger partial charge on any atom is -0.375 e. The van der Waals surface area contributed by atoms with Crippen molar-refractivity contribution < 1.29 is 0 Å². The van der Waals surface area contributed by atoms with Gasteiger partial charge in [-0.3, -0.25) is 10.4 Å². The minimum absolute atomic E-state index is 0.187. The molecule has 1 aromatic carbocycles. The Kier molecular flexibility index (Phi) is 6.23. The molecule has 0 spiro atoms. The number of hydrogen-bond acceptors (Lipinski definition) is 3. The SMILES string of the molecule is NC(=S)NN1C=CN(CCc2c(Cl)ccc(Cl)c2Cl)C(Br)=C1. The first-order valence-corrected chi connectivity index (χ1v) is 8.51. The van der Waals surface area contributed by atoms with E-state index in [1.54, 1.807) is 29.5 Å². The van der Waals surface area contributed by atoms with Crippen molar-refractivity contribution in [3.63, 3.8) is 0 Å². The van der Waals surface area contributed by atoms with Crippen molar-refractivity contribution in [2.24, 2.45) is 5.73 Å². The summed E-state index contributed by atoms with van der Waals surface area (Å²) in [6.07, 6.45) is 6.13. The molecule has 4 nitrogen and oxygen atoms in total. The zero-order valence-electron chi connectivity index (χ0n) is 11.2. The second-order valence-corrected chi connectivity index (χ2v) is 6.84. The fraction of sp³-hybridized carbons (Fsp3) is 0.154. The molecule has 9 heteroatoms. The summed E-state index contributed by atoms with van der Waals surface area (Å²) in [7, 11) is 0. The summed E-state index contributed by atoms with van der Waals surface area (Å²) in [6, 6.07) is 3.43. The zero-order chi connectivity index (χ0) is 16.3. The van der Waals surface area contributed by atoms with Crippen molar-refractivity contribution in [1.29, 1.82) is 0 Å². The Morgan fingerprint density at radius 3 is 2.55 bits per heavy atom. The molecule has 0 unspecified atom stereocenters. The quantitative estimate of drug-likeness (QED) is 0.415. The zero-order valence-corrected chi connectivity index (χ0v) is 15.9. The number of halogens is 4. The van der Waals surface area contributed by atoms with Gasteiger partial charge in [-0.15, -0.1) is 0 Å². The van der Waals surface area contributed by atoms with Crippen LogP contribution in [-0.4, -0.2) is 21.6 Å². The molecule has 3 N–H and O–H groups in total. The monoisotopic (exact) mass is 440 g/mol. The lowest BCUT2D eigenvalue weighted by Crippen LogP contribution is -2.40. The lowest BCUT2D eigenvalue weighted by molar-refractivity contribution is 0.391. The average molecular weight is 443 g/mol. The first-order valence-electron chi connectivity index (χ1n) is 6.17. The van der Waals surface area contributed by atoms with Gasteiger partial charge < -0.3 is 10.6 Å². The van der Waals surface area contributed by atoms with E-state index in [0.717, 1.165) is 10.2 Å². The number of benzene rings is 1. The summed E-state index contributed by atoms with van der Waals surface area (Å²) in [4.78, 5) is 1.99. The molecule has 0 aromatic heterocycles. The molecular formula is C13H12BrCl3N4S. The first-order chi connectivity index (χ1) is 10.4. The highest BCUT2D eigenvalue weighted by Crippen LogP contribution is 2.32. The van der Waals surface area contributed by atoms with Crippen molar-refractivity contribution in [1.82, 2.24) is 15.3 Å². The maximum atomic E-state index is 6.21. The van der Waals surface area contributed by atoms with E-state index in [1.165, 1.54) is 0 Å². The van der Waals surface area contributed by atoms with Gasteiger partial charge in [0, 0.05) is 24.0 Å². The topological polar surface area (TPSA) is 44.5 Å². The molecule has 1 aliphatic rings. The van der Waals surface area contributed by atoms with Crippen LogP contribution in [0.5, 0.6) is 0 Å². The summed E-state index contributed by atoms with van der Waals surface area (Å²) in [6.45, 7) is 0.675. The van der Waals surface area contributed by atoms with Crippen molar-refractivity contribution in [2.45, 2.75) is 6.42 Å². The fourth-order valence-electron chi connectivity index (χ4n) is 1.86. The predicted molar refractivity (Wildman–Crippen MR) is 99.8 cm³/mol. The molecular weight excluding hydrogens is 431 g/mol. The normalized spacial score (nSPS) is 14.1. The van der Waals surface area contributed by atoms with Gasteiger partial charge in [-0.2, -0.15) is 0 Å². The number of rotatable bonds is 4. The van der Waals surface area contributed by atoms with Gasteiger partial charge in [-0.25, -0.2) is 0 Å². The van der Waals surface area contributed by atoms with Gasteiger partial charge in [0.1, 0.15) is 4.61 Å². The van der Waals surface area contributed by atoms with Gasteiger partial charge in [0.15, 0.2) is 5.11 Å². The molecule has 0 saturated heterocycles. The Labute approximate surface area is 157 Å². The smallest absolute Gasteiger partial charge is 0.183 e. The van der Waals surface area contributed by atoms with E-state index in [0.29, 0.717) is 28.0 Å². The van der Waals surface area contributed by atoms with E-state index in [9.17, 15) is 0 Å². The summed E-state index contributed by atoms with van der Waals surface area (Å²) in [5.74, 6) is 0. The second kappa shape index (κ2) is 7.75. The third kappa shape index (κ3) is 4.43. The minimum atomic E-state index is 0.187. The molecule has 22 heavy (non-hydrogen) atoms. The number of hydrazine groups is 1. The highest BCUT2D eigenvalue weighted by atomic mass is 79.9. The maximum absolute atomic E-state index is 6.21. The van der Waals surface area contributed by atoms with Crippen LogP contribution in [-0.2, 0) is 6.42 Å². The van der Waals surface area contributed by atoms with Crippen LogP contribution in [0.3, 0.4) is 0 Å². The third-order valence-corrected chi connectivity index (χ3v) is 4.86. The van der Waals surface area contributed by atoms with Crippen LogP contribution in [0.25, 0.3) is 0 Å². The molecule has 2 rings (SSSR count). The molecule has 0 bridgehead atoms. The molecule has 0 amide bonds. The molecule has 118 valence electrons. The van der Waals surface area contributed by atoms with Crippen LogP contribution < -0.4 is 11.2 Å². The second-order valence-electron chi connectivity index (χ2n) is 4.40. The number of thiocarbonyl (C=S) groups is 1. The number of nitrogens with one attached hydrogen (secondary N) is 1. The van der Waals surface area contributed by atoms with Crippen molar-refractivity contribution in [3.8, 4) is 0 Å². The molecule has 1 aliphatic heterocycles. The van der Waals surface area contributed by atoms with Crippen molar-refractivity contribution in [2.75, 3.05) is 6.54 Å². The largest absolute Gasteiger partial charge is 0.375 e. The fourth-order valence-corrected chi connectivity index (χ4v) is 3.22. The van der Waals surface area contributed by atoms with Gasteiger partial charge in [-0.05, 0) is 52.3 Å². The van der Waals surface area contributed by atoms with Gasteiger partial charge in [0.05, 0.1) is 16.2 Å². The molecule has 1 heterocycles. The van der Waals surface area contributed by atoms with Gasteiger partial charge in [0.2, 0.25) is 0 Å².